The summed E-state index contributed by atoms with van der Waals surface area (Å²) in [7, 11) is 0. The topological polar surface area (TPSA) is 59.4 Å². The summed E-state index contributed by atoms with van der Waals surface area (Å²) in [4.78, 5) is 13.2. The summed E-state index contributed by atoms with van der Waals surface area (Å²) in [5, 5.41) is 15.2. The molecular formula is C21H21F3N4O. The summed E-state index contributed by atoms with van der Waals surface area (Å²) in [5.41, 5.74) is 0.569. The molecule has 0 radical (unpaired) electrons. The Morgan fingerprint density at radius 3 is 2.34 bits per heavy atom. The smallest absolute Gasteiger partial charge is 0.373 e. The van der Waals surface area contributed by atoms with Crippen molar-refractivity contribution in [2.45, 2.75) is 31.5 Å². The van der Waals surface area contributed by atoms with Gasteiger partial charge in [0.2, 0.25) is 0 Å². The third-order valence-electron chi connectivity index (χ3n) is 4.78. The highest BCUT2D eigenvalue weighted by atomic mass is 19.4. The van der Waals surface area contributed by atoms with Crippen molar-refractivity contribution in [1.82, 2.24) is 10.0 Å². The first-order valence-corrected chi connectivity index (χ1v) is 9.35. The number of anilines is 1. The number of nitrogens with one attached hydrogen (secondary N) is 1. The molecule has 5 nitrogen and oxygen atoms in total. The lowest BCUT2D eigenvalue weighted by atomic mass is 10.0. The zero-order valence-corrected chi connectivity index (χ0v) is 15.7. The molecule has 8 heteroatoms. The van der Waals surface area contributed by atoms with Crippen LogP contribution in [-0.2, 0) is 17.4 Å². The zero-order chi connectivity index (χ0) is 20.9. The van der Waals surface area contributed by atoms with Gasteiger partial charge in [0.1, 0.15) is 6.04 Å². The number of alkyl halides is 3. The van der Waals surface area contributed by atoms with Gasteiger partial charge in [-0.1, -0.05) is 30.3 Å². The van der Waals surface area contributed by atoms with Gasteiger partial charge in [-0.15, -0.1) is 0 Å². The van der Waals surface area contributed by atoms with Crippen LogP contribution in [0.15, 0.2) is 54.6 Å². The van der Waals surface area contributed by atoms with Crippen LogP contribution in [0.5, 0.6) is 0 Å². The first-order valence-electron chi connectivity index (χ1n) is 9.35. The Kier molecular flexibility index (Phi) is 6.27. The van der Waals surface area contributed by atoms with Gasteiger partial charge in [0.15, 0.2) is 6.19 Å². The van der Waals surface area contributed by atoms with Crippen molar-refractivity contribution in [3.63, 3.8) is 0 Å². The number of halogens is 3. The fourth-order valence-corrected chi connectivity index (χ4v) is 3.28. The number of rotatable bonds is 5. The molecule has 1 heterocycles. The summed E-state index contributed by atoms with van der Waals surface area (Å²) in [6, 6.07) is 13.2. The minimum absolute atomic E-state index is 0.282. The van der Waals surface area contributed by atoms with E-state index in [0.29, 0.717) is 25.2 Å². The molecule has 1 atom stereocenters. The van der Waals surface area contributed by atoms with Gasteiger partial charge in [0, 0.05) is 18.7 Å². The van der Waals surface area contributed by atoms with Crippen LogP contribution in [0.4, 0.5) is 18.9 Å². The summed E-state index contributed by atoms with van der Waals surface area (Å²) >= 11 is 0. The van der Waals surface area contributed by atoms with Crippen LogP contribution in [-0.4, -0.2) is 35.1 Å². The van der Waals surface area contributed by atoms with Gasteiger partial charge in [-0.2, -0.15) is 18.4 Å². The second-order valence-corrected chi connectivity index (χ2v) is 6.85. The van der Waals surface area contributed by atoms with Crippen LogP contribution in [0.2, 0.25) is 0 Å². The number of nitrogens with zero attached hydrogens (tertiary/aromatic N) is 3. The Hall–Kier alpha value is -3.21. The SMILES string of the molecule is N#CN1CCCCN1C(=O)C(Cc1ccccc1)Nc1ccc(C(F)(F)F)cc1. The highest BCUT2D eigenvalue weighted by Gasteiger charge is 2.32. The number of nitriles is 1. The number of carbonyl (C=O) groups excluding carboxylic acids is 1. The van der Waals surface area contributed by atoms with Crippen molar-refractivity contribution in [3.8, 4) is 6.19 Å². The molecule has 0 aromatic heterocycles. The normalized spacial score (nSPS) is 15.5. The maximum absolute atomic E-state index is 13.2. The number of hydrogen-bond donors (Lipinski definition) is 1. The first-order chi connectivity index (χ1) is 13.9. The molecule has 0 saturated carbocycles. The van der Waals surface area contributed by atoms with Crippen LogP contribution in [0, 0.1) is 11.5 Å². The fourth-order valence-electron chi connectivity index (χ4n) is 3.28. The molecule has 2 aromatic rings. The van der Waals surface area contributed by atoms with E-state index in [1.807, 2.05) is 36.5 Å². The molecule has 152 valence electrons. The molecule has 2 aromatic carbocycles. The third kappa shape index (κ3) is 5.19. The molecular weight excluding hydrogens is 381 g/mol. The van der Waals surface area contributed by atoms with Crippen LogP contribution in [0.3, 0.4) is 0 Å². The molecule has 3 rings (SSSR count). The quantitative estimate of drug-likeness (QED) is 0.767. The molecule has 1 saturated heterocycles. The largest absolute Gasteiger partial charge is 0.416 e. The number of carbonyl (C=O) groups is 1. The maximum Gasteiger partial charge on any atom is 0.416 e. The first kappa shape index (κ1) is 20.5. The van der Waals surface area contributed by atoms with Crippen molar-refractivity contribution in [2.24, 2.45) is 0 Å². The molecule has 0 spiro atoms. The molecule has 1 amide bonds. The molecule has 1 aliphatic heterocycles. The average molecular weight is 402 g/mol. The van der Waals surface area contributed by atoms with Gasteiger partial charge in [0.25, 0.3) is 5.91 Å². The Bertz CT molecular complexity index is 862. The van der Waals surface area contributed by atoms with Crippen LogP contribution in [0.25, 0.3) is 0 Å². The third-order valence-corrected chi connectivity index (χ3v) is 4.78. The lowest BCUT2D eigenvalue weighted by Gasteiger charge is -2.37. The lowest BCUT2D eigenvalue weighted by molar-refractivity contribution is -0.147. The van der Waals surface area contributed by atoms with E-state index in [4.69, 9.17) is 0 Å². The van der Waals surface area contributed by atoms with Crippen molar-refractivity contribution in [2.75, 3.05) is 18.4 Å². The lowest BCUT2D eigenvalue weighted by Crippen LogP contribution is -2.53. The van der Waals surface area contributed by atoms with E-state index in [1.54, 1.807) is 0 Å². The van der Waals surface area contributed by atoms with E-state index in [0.717, 1.165) is 30.5 Å². The molecule has 1 aliphatic rings. The Balaban J connectivity index is 1.83. The van der Waals surface area contributed by atoms with Gasteiger partial charge in [-0.25, -0.2) is 10.0 Å². The number of amides is 1. The van der Waals surface area contributed by atoms with Gasteiger partial charge in [-0.05, 0) is 42.7 Å². The summed E-state index contributed by atoms with van der Waals surface area (Å²) in [5.74, 6) is -0.282. The predicted molar refractivity (Wildman–Crippen MR) is 102 cm³/mol. The number of hydrogen-bond acceptors (Lipinski definition) is 4. The Morgan fingerprint density at radius 2 is 1.72 bits per heavy atom. The second kappa shape index (κ2) is 8.86. The maximum atomic E-state index is 13.2. The number of benzene rings is 2. The van der Waals surface area contributed by atoms with E-state index in [1.165, 1.54) is 22.2 Å². The zero-order valence-electron chi connectivity index (χ0n) is 15.7. The molecule has 1 N–H and O–H groups in total. The summed E-state index contributed by atoms with van der Waals surface area (Å²) in [6.45, 7) is 0.910. The van der Waals surface area contributed by atoms with Crippen molar-refractivity contribution in [3.05, 3.63) is 65.7 Å². The fraction of sp³-hybridized carbons (Fsp3) is 0.333. The van der Waals surface area contributed by atoms with Crippen LogP contribution >= 0.6 is 0 Å². The Labute approximate surface area is 167 Å². The summed E-state index contributed by atoms with van der Waals surface area (Å²) in [6.07, 6.45) is -0.427. The molecule has 1 fully saturated rings. The average Bonchev–Trinajstić information content (AvgIpc) is 2.73. The minimum atomic E-state index is -4.42. The monoisotopic (exact) mass is 402 g/mol. The van der Waals surface area contributed by atoms with E-state index >= 15 is 0 Å². The molecule has 0 bridgehead atoms. The Morgan fingerprint density at radius 1 is 1.07 bits per heavy atom. The van der Waals surface area contributed by atoms with E-state index in [-0.39, 0.29) is 5.91 Å². The molecule has 29 heavy (non-hydrogen) atoms. The van der Waals surface area contributed by atoms with Gasteiger partial charge in [-0.3, -0.25) is 4.79 Å². The highest BCUT2D eigenvalue weighted by molar-refractivity contribution is 5.85. The molecule has 0 aliphatic carbocycles. The van der Waals surface area contributed by atoms with Crippen molar-refractivity contribution < 1.29 is 18.0 Å². The van der Waals surface area contributed by atoms with E-state index < -0.39 is 17.8 Å². The van der Waals surface area contributed by atoms with Gasteiger partial charge in [0.05, 0.1) is 12.1 Å². The van der Waals surface area contributed by atoms with Crippen molar-refractivity contribution in [1.29, 1.82) is 5.26 Å². The van der Waals surface area contributed by atoms with Gasteiger partial charge < -0.3 is 5.32 Å². The van der Waals surface area contributed by atoms with E-state index in [2.05, 4.69) is 5.32 Å². The van der Waals surface area contributed by atoms with Gasteiger partial charge >= 0.3 is 6.18 Å². The van der Waals surface area contributed by atoms with Crippen molar-refractivity contribution >= 4 is 11.6 Å². The van der Waals surface area contributed by atoms with E-state index in [9.17, 15) is 23.2 Å². The van der Waals surface area contributed by atoms with Crippen LogP contribution in [0.1, 0.15) is 24.0 Å². The highest BCUT2D eigenvalue weighted by Crippen LogP contribution is 2.30. The standard InChI is InChI=1S/C21H21F3N4O/c22-21(23,24)17-8-10-18(11-9-17)26-19(14-16-6-2-1-3-7-16)20(29)28-13-5-4-12-27(28)15-25/h1-3,6-11,19,26H,4-5,12-14H2. The second-order valence-electron chi connectivity index (χ2n) is 6.85. The summed E-state index contributed by atoms with van der Waals surface area (Å²) < 4.78 is 38.4. The number of hydrazine groups is 1. The van der Waals surface area contributed by atoms with Crippen LogP contribution < -0.4 is 5.32 Å². The molecule has 1 unspecified atom stereocenters. The minimum Gasteiger partial charge on any atom is -0.373 e. The predicted octanol–water partition coefficient (Wildman–Crippen LogP) is 4.05.